The molecule has 0 nitrogen and oxygen atoms in total. The first-order valence-electron chi connectivity index (χ1n) is 7.47. The van der Waals surface area contributed by atoms with Gasteiger partial charge in [-0.2, -0.15) is 0 Å². The number of hydrogen-bond acceptors (Lipinski definition) is 0. The van der Waals surface area contributed by atoms with Crippen LogP contribution in [-0.4, -0.2) is 0 Å². The minimum Gasteiger partial charge on any atom is -0.106 e. The van der Waals surface area contributed by atoms with Crippen LogP contribution in [-0.2, 0) is 6.42 Å². The van der Waals surface area contributed by atoms with Crippen molar-refractivity contribution in [1.29, 1.82) is 0 Å². The SMILES string of the molecule is C=C.CC.CC.CC.CC.CCc1ccccc1. The third kappa shape index (κ3) is 36.3. The minimum atomic E-state index is 1.14. The number of aryl methyl sites for hydroxylation is 1. The third-order valence-electron chi connectivity index (χ3n) is 1.25. The molecule has 0 atom stereocenters. The Morgan fingerprint density at radius 2 is 0.944 bits per heavy atom. The van der Waals surface area contributed by atoms with E-state index in [0.717, 1.165) is 6.42 Å². The molecule has 0 saturated heterocycles. The summed E-state index contributed by atoms with van der Waals surface area (Å²) in [7, 11) is 0. The largest absolute Gasteiger partial charge is 0.106 e. The Bertz CT molecular complexity index is 153. The van der Waals surface area contributed by atoms with Crippen LogP contribution in [0.15, 0.2) is 43.5 Å². The van der Waals surface area contributed by atoms with Crippen molar-refractivity contribution in [3.8, 4) is 0 Å². The molecule has 0 aliphatic carbocycles. The van der Waals surface area contributed by atoms with E-state index in [4.69, 9.17) is 0 Å². The van der Waals surface area contributed by atoms with Crippen LogP contribution in [0.1, 0.15) is 67.9 Å². The summed E-state index contributed by atoms with van der Waals surface area (Å²) in [6, 6.07) is 10.5. The van der Waals surface area contributed by atoms with Gasteiger partial charge in [0.05, 0.1) is 0 Å². The molecule has 0 N–H and O–H groups in total. The molecule has 0 heterocycles. The Morgan fingerprint density at radius 1 is 0.667 bits per heavy atom. The van der Waals surface area contributed by atoms with E-state index in [1.807, 2.05) is 61.5 Å². The van der Waals surface area contributed by atoms with Crippen molar-refractivity contribution in [2.45, 2.75) is 68.7 Å². The van der Waals surface area contributed by atoms with Gasteiger partial charge in [0.1, 0.15) is 0 Å². The first-order valence-corrected chi connectivity index (χ1v) is 7.47. The maximum absolute atomic E-state index is 3.00. The zero-order valence-corrected chi connectivity index (χ0v) is 14.5. The first kappa shape index (κ1) is 30.2. The predicted molar refractivity (Wildman–Crippen MR) is 92.5 cm³/mol. The molecule has 0 spiro atoms. The average molecular weight is 255 g/mol. The van der Waals surface area contributed by atoms with Crippen LogP contribution in [0.25, 0.3) is 0 Å². The van der Waals surface area contributed by atoms with Gasteiger partial charge in [0.2, 0.25) is 0 Å². The van der Waals surface area contributed by atoms with Gasteiger partial charge in [0.25, 0.3) is 0 Å². The van der Waals surface area contributed by atoms with E-state index in [0.29, 0.717) is 0 Å². The molecule has 0 amide bonds. The highest BCUT2D eigenvalue weighted by Crippen LogP contribution is 1.96. The minimum absolute atomic E-state index is 1.14. The highest BCUT2D eigenvalue weighted by atomic mass is 13.9. The van der Waals surface area contributed by atoms with E-state index in [9.17, 15) is 0 Å². The molecule has 0 fully saturated rings. The van der Waals surface area contributed by atoms with Crippen LogP contribution in [0.4, 0.5) is 0 Å². The molecule has 0 unspecified atom stereocenters. The van der Waals surface area contributed by atoms with Crippen molar-refractivity contribution in [3.63, 3.8) is 0 Å². The molecule has 0 heteroatoms. The molecular formula is C18H38. The van der Waals surface area contributed by atoms with Crippen molar-refractivity contribution in [2.24, 2.45) is 0 Å². The van der Waals surface area contributed by atoms with Gasteiger partial charge in [-0.05, 0) is 12.0 Å². The molecule has 0 radical (unpaired) electrons. The molecule has 1 rings (SSSR count). The Kier molecular flexibility index (Phi) is 94.6. The van der Waals surface area contributed by atoms with Crippen LogP contribution >= 0.6 is 0 Å². The standard InChI is InChI=1S/C8H10.4C2H6.C2H4/c1-2-8-6-4-3-5-7-8;5*1-2/h3-7H,2H2,1H3;4*1-2H3;1-2H2. The summed E-state index contributed by atoms with van der Waals surface area (Å²) in [5.41, 5.74) is 1.41. The molecule has 1 aromatic carbocycles. The number of rotatable bonds is 1. The molecule has 110 valence electrons. The van der Waals surface area contributed by atoms with Crippen molar-refractivity contribution >= 4 is 0 Å². The van der Waals surface area contributed by atoms with Crippen LogP contribution in [0.5, 0.6) is 0 Å². The van der Waals surface area contributed by atoms with Crippen molar-refractivity contribution in [2.75, 3.05) is 0 Å². The summed E-state index contributed by atoms with van der Waals surface area (Å²) in [5.74, 6) is 0. The fraction of sp³-hybridized carbons (Fsp3) is 0.556. The van der Waals surface area contributed by atoms with E-state index in [1.165, 1.54) is 5.56 Å². The summed E-state index contributed by atoms with van der Waals surface area (Å²) >= 11 is 0. The quantitative estimate of drug-likeness (QED) is 0.466. The lowest BCUT2D eigenvalue weighted by Crippen LogP contribution is -1.73. The van der Waals surface area contributed by atoms with E-state index in [1.54, 1.807) is 0 Å². The zero-order valence-electron chi connectivity index (χ0n) is 14.5. The second kappa shape index (κ2) is 56.4. The fourth-order valence-electron chi connectivity index (χ4n) is 0.714. The van der Waals surface area contributed by atoms with Gasteiger partial charge in [-0.3, -0.25) is 0 Å². The van der Waals surface area contributed by atoms with Crippen LogP contribution in [0.3, 0.4) is 0 Å². The summed E-state index contributed by atoms with van der Waals surface area (Å²) in [6.45, 7) is 24.2. The third-order valence-corrected chi connectivity index (χ3v) is 1.25. The molecule has 0 aliphatic rings. The lowest BCUT2D eigenvalue weighted by Gasteiger charge is -1.89. The Hall–Kier alpha value is -1.04. The maximum atomic E-state index is 3.00. The zero-order chi connectivity index (χ0) is 15.8. The average Bonchev–Trinajstić information content (AvgIpc) is 2.57. The summed E-state index contributed by atoms with van der Waals surface area (Å²) in [5, 5.41) is 0. The summed E-state index contributed by atoms with van der Waals surface area (Å²) in [6.07, 6.45) is 1.14. The maximum Gasteiger partial charge on any atom is -0.0307 e. The Morgan fingerprint density at radius 3 is 1.11 bits per heavy atom. The Balaban J connectivity index is -0.0000000482. The predicted octanol–water partition coefficient (Wildman–Crippen LogP) is 7.16. The van der Waals surface area contributed by atoms with Crippen LogP contribution in [0.2, 0.25) is 0 Å². The number of benzene rings is 1. The van der Waals surface area contributed by atoms with Crippen molar-refractivity contribution in [1.82, 2.24) is 0 Å². The molecule has 0 aliphatic heterocycles. The van der Waals surface area contributed by atoms with E-state index >= 15 is 0 Å². The normalized spacial score (nSPS) is 5.61. The van der Waals surface area contributed by atoms with E-state index in [-0.39, 0.29) is 0 Å². The fourth-order valence-corrected chi connectivity index (χ4v) is 0.714. The lowest BCUT2D eigenvalue weighted by molar-refractivity contribution is 1.14. The molecule has 0 bridgehead atoms. The van der Waals surface area contributed by atoms with Crippen molar-refractivity contribution < 1.29 is 0 Å². The van der Waals surface area contributed by atoms with Gasteiger partial charge in [-0.15, -0.1) is 13.2 Å². The molecule has 0 aromatic heterocycles. The van der Waals surface area contributed by atoms with Gasteiger partial charge >= 0.3 is 0 Å². The van der Waals surface area contributed by atoms with Gasteiger partial charge in [0.15, 0.2) is 0 Å². The van der Waals surface area contributed by atoms with Gasteiger partial charge in [0, 0.05) is 0 Å². The highest BCUT2D eigenvalue weighted by Gasteiger charge is 1.79. The smallest absolute Gasteiger partial charge is 0.0307 e. The molecule has 1 aromatic rings. The van der Waals surface area contributed by atoms with E-state index < -0.39 is 0 Å². The second-order valence-corrected chi connectivity index (χ2v) is 1.84. The summed E-state index contributed by atoms with van der Waals surface area (Å²) in [4.78, 5) is 0. The van der Waals surface area contributed by atoms with Crippen LogP contribution < -0.4 is 0 Å². The Labute approximate surface area is 118 Å². The van der Waals surface area contributed by atoms with Crippen molar-refractivity contribution in [3.05, 3.63) is 49.1 Å². The van der Waals surface area contributed by atoms with Gasteiger partial charge in [-0.1, -0.05) is 92.6 Å². The monoisotopic (exact) mass is 254 g/mol. The van der Waals surface area contributed by atoms with Gasteiger partial charge in [-0.25, -0.2) is 0 Å². The number of hydrogen-bond donors (Lipinski definition) is 0. The molecule has 18 heavy (non-hydrogen) atoms. The van der Waals surface area contributed by atoms with E-state index in [2.05, 4.69) is 44.3 Å². The second-order valence-electron chi connectivity index (χ2n) is 1.84. The molecular weight excluding hydrogens is 216 g/mol. The highest BCUT2D eigenvalue weighted by molar-refractivity contribution is 5.13. The topological polar surface area (TPSA) is 0 Å². The first-order chi connectivity index (χ1) is 8.93. The lowest BCUT2D eigenvalue weighted by atomic mass is 10.2. The molecule has 0 saturated carbocycles. The van der Waals surface area contributed by atoms with Gasteiger partial charge < -0.3 is 0 Å². The summed E-state index contributed by atoms with van der Waals surface area (Å²) < 4.78 is 0. The van der Waals surface area contributed by atoms with Crippen LogP contribution in [0, 0.1) is 0 Å².